The minimum Gasteiger partial charge on any atom is -0.493 e. The molecule has 13 heteroatoms. The van der Waals surface area contributed by atoms with E-state index in [9.17, 15) is 23.3 Å². The SMILES string of the molecule is COc1ccc(S(=O)(=O)N2CCC(C(=O)N/N=C\c3ccc(OC)c([N+](=O)[O-])c3)CC2)cc1OC. The van der Waals surface area contributed by atoms with Gasteiger partial charge in [-0.1, -0.05) is 0 Å². The largest absolute Gasteiger partial charge is 0.493 e. The van der Waals surface area contributed by atoms with Crippen molar-refractivity contribution >= 4 is 27.8 Å². The Kier molecular flexibility index (Phi) is 8.25. The zero-order valence-electron chi connectivity index (χ0n) is 19.5. The predicted octanol–water partition coefficient (Wildman–Crippen LogP) is 2.17. The third-order valence-corrected chi connectivity index (χ3v) is 7.50. The Bertz CT molecular complexity index is 1220. The number of carbonyl (C=O) groups excluding carboxylic acids is 1. The number of benzene rings is 2. The number of methoxy groups -OCH3 is 3. The molecule has 12 nitrogen and oxygen atoms in total. The summed E-state index contributed by atoms with van der Waals surface area (Å²) >= 11 is 0. The molecule has 0 aliphatic carbocycles. The molecule has 0 saturated carbocycles. The summed E-state index contributed by atoms with van der Waals surface area (Å²) in [7, 11) is 0.459. The first kappa shape index (κ1) is 25.9. The van der Waals surface area contributed by atoms with Gasteiger partial charge in [-0.15, -0.1) is 0 Å². The number of rotatable bonds is 9. The lowest BCUT2D eigenvalue weighted by atomic mass is 9.98. The molecule has 1 aliphatic rings. The average molecular weight is 507 g/mol. The summed E-state index contributed by atoms with van der Waals surface area (Å²) in [6.07, 6.45) is 1.94. The van der Waals surface area contributed by atoms with E-state index in [2.05, 4.69) is 10.5 Å². The Morgan fingerprint density at radius 2 is 1.69 bits per heavy atom. The van der Waals surface area contributed by atoms with Crippen molar-refractivity contribution in [3.63, 3.8) is 0 Å². The molecule has 3 rings (SSSR count). The fourth-order valence-electron chi connectivity index (χ4n) is 3.68. The van der Waals surface area contributed by atoms with Crippen LogP contribution < -0.4 is 19.6 Å². The van der Waals surface area contributed by atoms with Crippen molar-refractivity contribution in [2.75, 3.05) is 34.4 Å². The number of sulfonamides is 1. The van der Waals surface area contributed by atoms with Crippen LogP contribution in [-0.4, -0.2) is 64.2 Å². The van der Waals surface area contributed by atoms with Gasteiger partial charge >= 0.3 is 5.69 Å². The second-order valence-corrected chi connectivity index (χ2v) is 9.56. The number of nitrogens with one attached hydrogen (secondary N) is 1. The zero-order valence-corrected chi connectivity index (χ0v) is 20.3. The lowest BCUT2D eigenvalue weighted by Crippen LogP contribution is -2.42. The van der Waals surface area contributed by atoms with E-state index < -0.39 is 20.9 Å². The molecule has 35 heavy (non-hydrogen) atoms. The van der Waals surface area contributed by atoms with E-state index in [1.54, 1.807) is 6.07 Å². The monoisotopic (exact) mass is 506 g/mol. The first-order valence-electron chi connectivity index (χ1n) is 10.6. The smallest absolute Gasteiger partial charge is 0.311 e. The van der Waals surface area contributed by atoms with Crippen LogP contribution in [0.2, 0.25) is 0 Å². The second-order valence-electron chi connectivity index (χ2n) is 7.62. The predicted molar refractivity (Wildman–Crippen MR) is 126 cm³/mol. The summed E-state index contributed by atoms with van der Waals surface area (Å²) < 4.78 is 42.7. The normalized spacial score (nSPS) is 15.1. The molecule has 0 aromatic heterocycles. The lowest BCUT2D eigenvalue weighted by Gasteiger charge is -2.30. The first-order valence-corrected chi connectivity index (χ1v) is 12.0. The maximum Gasteiger partial charge on any atom is 0.311 e. The third kappa shape index (κ3) is 5.87. The highest BCUT2D eigenvalue weighted by Crippen LogP contribution is 2.32. The van der Waals surface area contributed by atoms with Crippen LogP contribution in [0.25, 0.3) is 0 Å². The summed E-state index contributed by atoms with van der Waals surface area (Å²) in [4.78, 5) is 23.1. The van der Waals surface area contributed by atoms with Gasteiger partial charge in [0.25, 0.3) is 0 Å². The molecule has 1 heterocycles. The summed E-state index contributed by atoms with van der Waals surface area (Å²) in [6, 6.07) is 8.68. The average Bonchev–Trinajstić information content (AvgIpc) is 2.88. The van der Waals surface area contributed by atoms with E-state index in [0.717, 1.165) is 0 Å². The fourth-order valence-corrected chi connectivity index (χ4v) is 5.16. The Morgan fingerprint density at radius 3 is 2.29 bits per heavy atom. The number of ether oxygens (including phenoxy) is 3. The van der Waals surface area contributed by atoms with Crippen LogP contribution in [0.3, 0.4) is 0 Å². The maximum atomic E-state index is 13.0. The summed E-state index contributed by atoms with van der Waals surface area (Å²) in [5.74, 6) is 0.0714. The zero-order chi connectivity index (χ0) is 25.6. The second kappa shape index (κ2) is 11.1. The third-order valence-electron chi connectivity index (χ3n) is 5.61. The van der Waals surface area contributed by atoms with Crippen molar-refractivity contribution < 1.29 is 32.3 Å². The van der Waals surface area contributed by atoms with Gasteiger partial charge in [-0.3, -0.25) is 14.9 Å². The Balaban J connectivity index is 1.59. The molecule has 1 saturated heterocycles. The van der Waals surface area contributed by atoms with Crippen LogP contribution in [0.1, 0.15) is 18.4 Å². The molecule has 1 fully saturated rings. The van der Waals surface area contributed by atoms with Gasteiger partial charge < -0.3 is 14.2 Å². The minimum atomic E-state index is -3.77. The topological polar surface area (TPSA) is 150 Å². The van der Waals surface area contributed by atoms with Gasteiger partial charge in [0.15, 0.2) is 17.2 Å². The van der Waals surface area contributed by atoms with Crippen LogP contribution in [0.5, 0.6) is 17.2 Å². The van der Waals surface area contributed by atoms with Gasteiger partial charge in [0.05, 0.1) is 37.4 Å². The highest BCUT2D eigenvalue weighted by molar-refractivity contribution is 7.89. The minimum absolute atomic E-state index is 0.0798. The molecule has 0 spiro atoms. The molecule has 0 radical (unpaired) electrons. The number of nitro benzene ring substituents is 1. The fraction of sp³-hybridized carbons (Fsp3) is 0.364. The standard InChI is InChI=1S/C22H26N4O8S/c1-32-19-6-4-15(12-18(19)26(28)29)14-23-24-22(27)16-8-10-25(11-9-16)35(30,31)17-5-7-20(33-2)21(13-17)34-3/h4-7,12-14,16H,8-11H2,1-3H3,(H,24,27)/b23-14-. The summed E-state index contributed by atoms with van der Waals surface area (Å²) in [5.41, 5.74) is 2.62. The highest BCUT2D eigenvalue weighted by atomic mass is 32.2. The van der Waals surface area contributed by atoms with Crippen LogP contribution in [0, 0.1) is 16.0 Å². The number of carbonyl (C=O) groups is 1. The van der Waals surface area contributed by atoms with Crippen molar-refractivity contribution in [1.82, 2.24) is 9.73 Å². The van der Waals surface area contributed by atoms with Crippen LogP contribution in [-0.2, 0) is 14.8 Å². The van der Waals surface area contributed by atoms with Gasteiger partial charge in [0.1, 0.15) is 0 Å². The Labute approximate surface area is 202 Å². The van der Waals surface area contributed by atoms with E-state index >= 15 is 0 Å². The molecular formula is C22H26N4O8S. The van der Waals surface area contributed by atoms with E-state index in [4.69, 9.17) is 14.2 Å². The molecule has 1 N–H and O–H groups in total. The molecular weight excluding hydrogens is 480 g/mol. The first-order chi connectivity index (χ1) is 16.7. The van der Waals surface area contributed by atoms with E-state index in [1.807, 2.05) is 0 Å². The van der Waals surface area contributed by atoms with Crippen LogP contribution in [0.15, 0.2) is 46.4 Å². The quantitative estimate of drug-likeness (QED) is 0.309. The number of nitro groups is 1. The number of nitrogens with zero attached hydrogens (tertiary/aromatic N) is 3. The van der Waals surface area contributed by atoms with E-state index in [-0.39, 0.29) is 35.3 Å². The Morgan fingerprint density at radius 1 is 1.06 bits per heavy atom. The summed E-state index contributed by atoms with van der Waals surface area (Å²) in [6.45, 7) is 0.340. The molecule has 0 bridgehead atoms. The number of amides is 1. The Hall–Kier alpha value is -3.71. The van der Waals surface area contributed by atoms with Gasteiger partial charge in [-0.05, 0) is 37.1 Å². The molecule has 1 aliphatic heterocycles. The molecule has 1 amide bonds. The molecule has 2 aromatic rings. The van der Waals surface area contributed by atoms with Crippen molar-refractivity contribution in [3.05, 3.63) is 52.1 Å². The van der Waals surface area contributed by atoms with Gasteiger partial charge in [-0.2, -0.15) is 9.41 Å². The molecule has 0 atom stereocenters. The van der Waals surface area contributed by atoms with Gasteiger partial charge in [-0.25, -0.2) is 13.8 Å². The number of piperidine rings is 1. The maximum absolute atomic E-state index is 13.0. The van der Waals surface area contributed by atoms with Crippen molar-refractivity contribution in [2.45, 2.75) is 17.7 Å². The molecule has 188 valence electrons. The molecule has 0 unspecified atom stereocenters. The van der Waals surface area contributed by atoms with E-state index in [0.29, 0.717) is 29.9 Å². The van der Waals surface area contributed by atoms with E-state index in [1.165, 1.54) is 62.2 Å². The highest BCUT2D eigenvalue weighted by Gasteiger charge is 2.32. The van der Waals surface area contributed by atoms with Gasteiger partial charge in [0, 0.05) is 36.7 Å². The lowest BCUT2D eigenvalue weighted by molar-refractivity contribution is -0.385. The number of hydrogen-bond donors (Lipinski definition) is 1. The summed E-state index contributed by atoms with van der Waals surface area (Å²) in [5, 5.41) is 15.0. The van der Waals surface area contributed by atoms with Crippen molar-refractivity contribution in [1.29, 1.82) is 0 Å². The van der Waals surface area contributed by atoms with Crippen molar-refractivity contribution in [3.8, 4) is 17.2 Å². The van der Waals surface area contributed by atoms with Crippen LogP contribution in [0.4, 0.5) is 5.69 Å². The van der Waals surface area contributed by atoms with Gasteiger partial charge in [0.2, 0.25) is 15.9 Å². The van der Waals surface area contributed by atoms with Crippen molar-refractivity contribution in [2.24, 2.45) is 11.0 Å². The number of hydrogen-bond acceptors (Lipinski definition) is 9. The van der Waals surface area contributed by atoms with Crippen LogP contribution >= 0.6 is 0 Å². The number of hydrazone groups is 1. The molecule has 2 aromatic carbocycles.